The van der Waals surface area contributed by atoms with Gasteiger partial charge in [-0.1, -0.05) is 82.3 Å². The molecule has 1 aliphatic rings. The molecular weight excluding hydrogens is 536 g/mol. The maximum atomic E-state index is 13.4. The van der Waals surface area contributed by atoms with Crippen molar-refractivity contribution in [3.8, 4) is 6.07 Å². The van der Waals surface area contributed by atoms with E-state index in [9.17, 15) is 14.9 Å². The summed E-state index contributed by atoms with van der Waals surface area (Å²) in [5.41, 5.74) is 3.66. The highest BCUT2D eigenvalue weighted by atomic mass is 79.9. The van der Waals surface area contributed by atoms with Crippen LogP contribution in [0.3, 0.4) is 0 Å². The predicted octanol–water partition coefficient (Wildman–Crippen LogP) is 6.16. The number of carbonyl (C=O) groups excluding carboxylic acids is 2. The van der Waals surface area contributed by atoms with Crippen LogP contribution >= 0.6 is 27.7 Å². The second-order valence-electron chi connectivity index (χ2n) is 8.03. The fourth-order valence-corrected chi connectivity index (χ4v) is 5.22. The number of rotatable bonds is 7. The minimum Gasteiger partial charge on any atom is -0.353 e. The number of halogens is 1. The van der Waals surface area contributed by atoms with E-state index in [0.717, 1.165) is 10.0 Å². The molecule has 1 heterocycles. The lowest BCUT2D eigenvalue weighted by molar-refractivity contribution is -0.114. The lowest BCUT2D eigenvalue weighted by Gasteiger charge is -2.29. The van der Waals surface area contributed by atoms with Crippen LogP contribution in [-0.4, -0.2) is 17.6 Å². The first-order chi connectivity index (χ1) is 17.5. The van der Waals surface area contributed by atoms with E-state index in [-0.39, 0.29) is 17.6 Å². The third-order valence-electron chi connectivity index (χ3n) is 5.51. The highest BCUT2D eigenvalue weighted by Gasteiger charge is 2.34. The summed E-state index contributed by atoms with van der Waals surface area (Å²) in [7, 11) is 0. The van der Waals surface area contributed by atoms with Crippen LogP contribution in [0.4, 0.5) is 11.4 Å². The van der Waals surface area contributed by atoms with Gasteiger partial charge in [-0.2, -0.15) is 5.26 Å². The van der Waals surface area contributed by atoms with E-state index in [1.54, 1.807) is 0 Å². The van der Waals surface area contributed by atoms with Crippen LogP contribution in [-0.2, 0) is 9.59 Å². The Hall–Kier alpha value is -3.80. The van der Waals surface area contributed by atoms with Crippen LogP contribution in [0.1, 0.15) is 18.4 Å². The Labute approximate surface area is 222 Å². The van der Waals surface area contributed by atoms with Crippen LogP contribution in [0.15, 0.2) is 111 Å². The van der Waals surface area contributed by atoms with Crippen molar-refractivity contribution in [2.45, 2.75) is 12.8 Å². The number of amides is 2. The minimum absolute atomic E-state index is 0.0976. The number of para-hydroxylation sites is 1. The van der Waals surface area contributed by atoms with Crippen LogP contribution < -0.4 is 16.0 Å². The van der Waals surface area contributed by atoms with Gasteiger partial charge in [-0.3, -0.25) is 9.59 Å². The van der Waals surface area contributed by atoms with Gasteiger partial charge in [0.1, 0.15) is 0 Å². The second kappa shape index (κ2) is 11.8. The molecule has 4 rings (SSSR count). The van der Waals surface area contributed by atoms with E-state index >= 15 is 0 Å². The molecule has 0 spiro atoms. The van der Waals surface area contributed by atoms with Crippen LogP contribution in [0.5, 0.6) is 0 Å². The van der Waals surface area contributed by atoms with Crippen molar-refractivity contribution in [1.29, 1.82) is 5.26 Å². The number of carbonyl (C=O) groups is 2. The number of benzene rings is 3. The maximum Gasteiger partial charge on any atom is 0.254 e. The summed E-state index contributed by atoms with van der Waals surface area (Å²) in [5.74, 6) is -0.961. The van der Waals surface area contributed by atoms with Gasteiger partial charge in [0, 0.05) is 27.1 Å². The van der Waals surface area contributed by atoms with E-state index in [0.29, 0.717) is 33.2 Å². The van der Waals surface area contributed by atoms with Gasteiger partial charge in [-0.05, 0) is 42.8 Å². The van der Waals surface area contributed by atoms with E-state index in [1.807, 2.05) is 91.9 Å². The van der Waals surface area contributed by atoms with Gasteiger partial charge in [-0.25, -0.2) is 0 Å². The van der Waals surface area contributed by atoms with Crippen LogP contribution in [0.2, 0.25) is 0 Å². The third-order valence-corrected chi connectivity index (χ3v) is 7.02. The second-order valence-corrected chi connectivity index (χ2v) is 9.93. The molecule has 8 heteroatoms. The first-order valence-electron chi connectivity index (χ1n) is 11.2. The Morgan fingerprint density at radius 2 is 1.64 bits per heavy atom. The summed E-state index contributed by atoms with van der Waals surface area (Å²) < 4.78 is 0.865. The number of anilines is 2. The van der Waals surface area contributed by atoms with Gasteiger partial charge in [0.2, 0.25) is 5.91 Å². The van der Waals surface area contributed by atoms with Crippen LogP contribution in [0.25, 0.3) is 0 Å². The van der Waals surface area contributed by atoms with Gasteiger partial charge in [0.15, 0.2) is 0 Å². The van der Waals surface area contributed by atoms with Crippen molar-refractivity contribution in [2.24, 2.45) is 0 Å². The summed E-state index contributed by atoms with van der Waals surface area (Å²) in [6.45, 7) is 1.81. The lowest BCUT2D eigenvalue weighted by atomic mass is 9.82. The van der Waals surface area contributed by atoms with Crippen molar-refractivity contribution in [1.82, 2.24) is 5.32 Å². The molecule has 0 aliphatic carbocycles. The molecule has 3 aromatic carbocycles. The fourth-order valence-electron chi connectivity index (χ4n) is 3.93. The van der Waals surface area contributed by atoms with Crippen molar-refractivity contribution in [3.63, 3.8) is 0 Å². The molecule has 0 saturated carbocycles. The summed E-state index contributed by atoms with van der Waals surface area (Å²) in [6, 6.07) is 28.3. The highest BCUT2D eigenvalue weighted by molar-refractivity contribution is 9.10. The van der Waals surface area contributed by atoms with E-state index in [4.69, 9.17) is 0 Å². The Kier molecular flexibility index (Phi) is 8.26. The Morgan fingerprint density at radius 3 is 2.31 bits per heavy atom. The van der Waals surface area contributed by atoms with Crippen molar-refractivity contribution in [2.75, 3.05) is 16.4 Å². The monoisotopic (exact) mass is 558 g/mol. The maximum absolute atomic E-state index is 13.4. The molecule has 0 saturated heterocycles. The number of thioether (sulfide) groups is 1. The smallest absolute Gasteiger partial charge is 0.254 e. The van der Waals surface area contributed by atoms with Crippen molar-refractivity contribution in [3.05, 3.63) is 117 Å². The van der Waals surface area contributed by atoms with Gasteiger partial charge in [-0.15, -0.1) is 0 Å². The standard InChI is InChI=1S/C28H23BrN4O2S/c1-18-25(27(35)33-21-12-6-3-7-13-21)26(19-9-4-2-5-10-19)23(16-30)28(31-18)36-17-24(34)32-22-14-8-11-20(29)15-22/h2-15,26,31H,17H2,1H3,(H,32,34)(H,33,35)/t26-/m1/s1. The summed E-state index contributed by atoms with van der Waals surface area (Å²) in [4.78, 5) is 26.0. The molecule has 180 valence electrons. The molecule has 36 heavy (non-hydrogen) atoms. The predicted molar refractivity (Wildman–Crippen MR) is 148 cm³/mol. The third kappa shape index (κ3) is 6.06. The number of nitriles is 1. The number of nitrogens with one attached hydrogen (secondary N) is 3. The number of nitrogens with zero attached hydrogens (tertiary/aromatic N) is 1. The number of dihydropyridines is 1. The highest BCUT2D eigenvalue weighted by Crippen LogP contribution is 2.40. The fraction of sp³-hybridized carbons (Fsp3) is 0.107. The summed E-state index contributed by atoms with van der Waals surface area (Å²) in [5, 5.41) is 19.8. The van der Waals surface area contributed by atoms with Crippen molar-refractivity contribution < 1.29 is 9.59 Å². The summed E-state index contributed by atoms with van der Waals surface area (Å²) in [6.07, 6.45) is 0. The molecule has 3 aromatic rings. The molecule has 0 radical (unpaired) electrons. The van der Waals surface area contributed by atoms with Gasteiger partial charge >= 0.3 is 0 Å². The first kappa shape index (κ1) is 25.3. The average molecular weight is 559 g/mol. The molecule has 6 nitrogen and oxygen atoms in total. The Balaban J connectivity index is 1.60. The molecule has 0 unspecified atom stereocenters. The molecule has 1 aliphatic heterocycles. The molecule has 0 fully saturated rings. The molecule has 1 atom stereocenters. The van der Waals surface area contributed by atoms with Crippen molar-refractivity contribution >= 4 is 50.9 Å². The minimum atomic E-state index is -0.572. The molecule has 0 bridgehead atoms. The summed E-state index contributed by atoms with van der Waals surface area (Å²) >= 11 is 4.63. The quantitative estimate of drug-likeness (QED) is 0.323. The number of hydrogen-bond donors (Lipinski definition) is 3. The molecule has 0 aromatic heterocycles. The Bertz CT molecular complexity index is 1380. The van der Waals surface area contributed by atoms with E-state index < -0.39 is 5.92 Å². The lowest BCUT2D eigenvalue weighted by Crippen LogP contribution is -2.31. The van der Waals surface area contributed by atoms with Gasteiger partial charge in [0.25, 0.3) is 5.91 Å². The SMILES string of the molecule is CC1=C(C(=O)Nc2ccccc2)[C@H](c2ccccc2)C(C#N)=C(SCC(=O)Nc2cccc(Br)c2)N1. The van der Waals surface area contributed by atoms with Crippen LogP contribution in [0, 0.1) is 11.3 Å². The number of hydrogen-bond acceptors (Lipinski definition) is 5. The zero-order valence-electron chi connectivity index (χ0n) is 19.4. The first-order valence-corrected chi connectivity index (χ1v) is 13.0. The zero-order chi connectivity index (χ0) is 25.5. The van der Waals surface area contributed by atoms with E-state index in [2.05, 4.69) is 37.9 Å². The Morgan fingerprint density at radius 1 is 0.972 bits per heavy atom. The molecular formula is C28H23BrN4O2S. The van der Waals surface area contributed by atoms with Gasteiger partial charge < -0.3 is 16.0 Å². The number of allylic oxidation sites excluding steroid dienone is 2. The van der Waals surface area contributed by atoms with E-state index in [1.165, 1.54) is 11.8 Å². The van der Waals surface area contributed by atoms with Gasteiger partial charge in [0.05, 0.1) is 28.3 Å². The largest absolute Gasteiger partial charge is 0.353 e. The zero-order valence-corrected chi connectivity index (χ0v) is 21.8. The topological polar surface area (TPSA) is 94.0 Å². The molecule has 3 N–H and O–H groups in total. The average Bonchev–Trinajstić information content (AvgIpc) is 2.88. The molecule has 2 amide bonds. The normalized spacial score (nSPS) is 15.1.